The Balaban J connectivity index is 3.37. The van der Waals surface area contributed by atoms with Crippen molar-refractivity contribution in [2.45, 2.75) is 12.3 Å². The minimum Gasteiger partial charge on any atom is -0.374 e. The van der Waals surface area contributed by atoms with Crippen LogP contribution < -0.4 is 5.73 Å². The molecule has 15 heavy (non-hydrogen) atoms. The molecule has 1 rings (SSSR count). The van der Waals surface area contributed by atoms with Gasteiger partial charge in [0.15, 0.2) is 5.34 Å². The lowest BCUT2D eigenvalue weighted by Crippen LogP contribution is -2.35. The quantitative estimate of drug-likeness (QED) is 0.581. The molecule has 5 N–H and O–H groups in total. The van der Waals surface area contributed by atoms with Gasteiger partial charge in [-0.15, -0.1) is 0 Å². The van der Waals surface area contributed by atoms with Crippen LogP contribution in [0.5, 0.6) is 0 Å². The van der Waals surface area contributed by atoms with Crippen LogP contribution >= 0.6 is 6.49 Å². The van der Waals surface area contributed by atoms with E-state index >= 15 is 0 Å². The van der Waals surface area contributed by atoms with E-state index in [9.17, 15) is 14.9 Å². The molecular weight excluding hydrogens is 233 g/mol. The van der Waals surface area contributed by atoms with Crippen molar-refractivity contribution in [2.75, 3.05) is 6.54 Å². The summed E-state index contributed by atoms with van der Waals surface area (Å²) in [6, 6.07) is 6.82. The molecule has 1 aromatic carbocycles. The maximum Gasteiger partial charge on any atom is 0.221 e. The van der Waals surface area contributed by atoms with E-state index in [1.54, 1.807) is 31.2 Å². The number of hydrogen-bond acceptors (Lipinski definition) is 3. The molecule has 1 atom stereocenters. The highest BCUT2D eigenvalue weighted by Crippen LogP contribution is 2.55. The highest BCUT2D eigenvalue weighted by Gasteiger charge is 2.42. The summed E-state index contributed by atoms with van der Waals surface area (Å²) in [7, 11) is 0. The van der Waals surface area contributed by atoms with Gasteiger partial charge < -0.3 is 20.6 Å². The molecule has 0 saturated heterocycles. The smallest absolute Gasteiger partial charge is 0.221 e. The molecule has 0 aliphatic rings. The summed E-state index contributed by atoms with van der Waals surface area (Å²) in [6.07, 6.45) is 0. The van der Waals surface area contributed by atoms with Gasteiger partial charge >= 0.3 is 0 Å². The summed E-state index contributed by atoms with van der Waals surface area (Å²) in [4.78, 5) is 18.9. The Hall–Kier alpha value is -0.290. The van der Waals surface area contributed by atoms with Gasteiger partial charge in [-0.2, -0.15) is 0 Å². The molecule has 1 aromatic rings. The molecule has 0 aliphatic carbocycles. The summed E-state index contributed by atoms with van der Waals surface area (Å²) in [5.41, 5.74) is 6.49. The van der Waals surface area contributed by atoms with E-state index in [0.29, 0.717) is 5.56 Å². The molecule has 0 fully saturated rings. The second-order valence-corrected chi connectivity index (χ2v) is 6.74. The normalized spacial score (nSPS) is 16.1. The largest absolute Gasteiger partial charge is 0.374 e. The van der Waals surface area contributed by atoms with Crippen molar-refractivity contribution in [3.63, 3.8) is 0 Å². The van der Waals surface area contributed by atoms with Crippen molar-refractivity contribution in [1.29, 1.82) is 0 Å². The number of nitrogens with two attached hydrogens (primary N) is 1. The lowest BCUT2D eigenvalue weighted by Gasteiger charge is -2.32. The number of rotatable bonds is 3. The Bertz CT molecular complexity index is 406. The van der Waals surface area contributed by atoms with E-state index in [0.717, 1.165) is 5.56 Å². The maximum atomic E-state index is 10.1. The first-order chi connectivity index (χ1) is 6.83. The summed E-state index contributed by atoms with van der Waals surface area (Å²) in [5.74, 6) is 0. The van der Waals surface area contributed by atoms with Crippen LogP contribution in [0.4, 0.5) is 0 Å². The van der Waals surface area contributed by atoms with Crippen LogP contribution in [-0.2, 0) is 17.1 Å². The molecule has 0 spiro atoms. The van der Waals surface area contributed by atoms with Gasteiger partial charge in [-0.3, -0.25) is 0 Å². The van der Waals surface area contributed by atoms with Crippen molar-refractivity contribution in [3.05, 3.63) is 35.4 Å². The molecule has 0 heterocycles. The fourth-order valence-corrected chi connectivity index (χ4v) is 2.73. The van der Waals surface area contributed by atoms with Crippen molar-refractivity contribution >= 4 is 18.3 Å². The standard InChI is InChI=1S/C9H14NO3PS/c1-7-4-2-3-5-8(7)9(11,6-10)14(12,13)15/h2-5,11H,6,10H2,1H3,(H2,12,13,15). The Morgan fingerprint density at radius 3 is 2.33 bits per heavy atom. The Morgan fingerprint density at radius 2 is 1.93 bits per heavy atom. The van der Waals surface area contributed by atoms with E-state index in [2.05, 4.69) is 11.8 Å². The lowest BCUT2D eigenvalue weighted by molar-refractivity contribution is 0.114. The number of aryl methyl sites for hydroxylation is 1. The first-order valence-corrected chi connectivity index (χ1v) is 7.08. The summed E-state index contributed by atoms with van der Waals surface area (Å²) >= 11 is 4.55. The average molecular weight is 247 g/mol. The highest BCUT2D eigenvalue weighted by atomic mass is 32.5. The van der Waals surface area contributed by atoms with Gasteiger partial charge in [0.05, 0.1) is 0 Å². The molecular formula is C9H14NO3PS. The monoisotopic (exact) mass is 247 g/mol. The van der Waals surface area contributed by atoms with Crippen LogP contribution in [0, 0.1) is 6.92 Å². The highest BCUT2D eigenvalue weighted by molar-refractivity contribution is 8.09. The Kier molecular flexibility index (Phi) is 3.66. The van der Waals surface area contributed by atoms with Gasteiger partial charge in [0.2, 0.25) is 6.49 Å². The van der Waals surface area contributed by atoms with Gasteiger partial charge in [-0.25, -0.2) is 0 Å². The summed E-state index contributed by atoms with van der Waals surface area (Å²) < 4.78 is 0. The number of aliphatic hydroxyl groups is 1. The van der Waals surface area contributed by atoms with Crippen molar-refractivity contribution in [2.24, 2.45) is 5.73 Å². The first-order valence-electron chi connectivity index (χ1n) is 4.37. The van der Waals surface area contributed by atoms with Gasteiger partial charge in [0, 0.05) is 6.54 Å². The zero-order chi connectivity index (χ0) is 11.7. The van der Waals surface area contributed by atoms with Crippen molar-refractivity contribution in [3.8, 4) is 0 Å². The van der Waals surface area contributed by atoms with Gasteiger partial charge in [0.1, 0.15) is 0 Å². The Labute approximate surface area is 93.5 Å². The predicted octanol–water partition coefficient (Wildman–Crippen LogP) is 0.393. The van der Waals surface area contributed by atoms with E-state index in [-0.39, 0.29) is 6.54 Å². The second-order valence-electron chi connectivity index (χ2n) is 3.38. The van der Waals surface area contributed by atoms with Crippen LogP contribution in [0.3, 0.4) is 0 Å². The van der Waals surface area contributed by atoms with Gasteiger partial charge in [0.25, 0.3) is 0 Å². The molecule has 4 nitrogen and oxygen atoms in total. The average Bonchev–Trinajstić information content (AvgIpc) is 2.15. The van der Waals surface area contributed by atoms with E-state index in [4.69, 9.17) is 5.73 Å². The molecule has 0 bridgehead atoms. The molecule has 0 aromatic heterocycles. The summed E-state index contributed by atoms with van der Waals surface area (Å²) in [5, 5.41) is 8.21. The topological polar surface area (TPSA) is 86.7 Å². The maximum absolute atomic E-state index is 10.1. The zero-order valence-corrected chi connectivity index (χ0v) is 10.0. The zero-order valence-electron chi connectivity index (χ0n) is 8.29. The van der Waals surface area contributed by atoms with Crippen molar-refractivity contribution < 1.29 is 14.9 Å². The third-order valence-corrected chi connectivity index (χ3v) is 4.64. The molecule has 1 unspecified atom stereocenters. The number of benzene rings is 1. The molecule has 0 saturated carbocycles. The Morgan fingerprint density at radius 1 is 1.40 bits per heavy atom. The molecule has 84 valence electrons. The number of hydrogen-bond donors (Lipinski definition) is 4. The lowest BCUT2D eigenvalue weighted by atomic mass is 10.0. The minimum atomic E-state index is -3.87. The predicted molar refractivity (Wildman–Crippen MR) is 62.9 cm³/mol. The van der Waals surface area contributed by atoms with Crippen LogP contribution in [0.15, 0.2) is 24.3 Å². The molecule has 6 heteroatoms. The molecule has 0 radical (unpaired) electrons. The first kappa shape index (κ1) is 12.8. The van der Waals surface area contributed by atoms with Crippen LogP contribution in [-0.4, -0.2) is 21.4 Å². The van der Waals surface area contributed by atoms with Crippen molar-refractivity contribution in [1.82, 2.24) is 0 Å². The van der Waals surface area contributed by atoms with Crippen LogP contribution in [0.2, 0.25) is 0 Å². The SMILES string of the molecule is Cc1ccccc1C(O)(CN)P(O)(O)=S. The van der Waals surface area contributed by atoms with E-state index < -0.39 is 11.8 Å². The molecule has 0 aliphatic heterocycles. The fraction of sp³-hybridized carbons (Fsp3) is 0.333. The van der Waals surface area contributed by atoms with Gasteiger partial charge in [-0.05, 0) is 29.9 Å². The fourth-order valence-electron chi connectivity index (χ4n) is 1.41. The van der Waals surface area contributed by atoms with E-state index in [1.807, 2.05) is 0 Å². The molecule has 0 amide bonds. The third-order valence-electron chi connectivity index (χ3n) is 2.34. The minimum absolute atomic E-state index is 0.317. The third kappa shape index (κ3) is 2.28. The van der Waals surface area contributed by atoms with Gasteiger partial charge in [-0.1, -0.05) is 24.3 Å². The summed E-state index contributed by atoms with van der Waals surface area (Å²) in [6.45, 7) is -2.44. The second kappa shape index (κ2) is 4.29. The van der Waals surface area contributed by atoms with Crippen LogP contribution in [0.25, 0.3) is 0 Å². The van der Waals surface area contributed by atoms with Crippen LogP contribution in [0.1, 0.15) is 11.1 Å². The van der Waals surface area contributed by atoms with E-state index in [1.165, 1.54) is 0 Å².